The summed E-state index contributed by atoms with van der Waals surface area (Å²) in [6.07, 6.45) is 0.784. The van der Waals surface area contributed by atoms with Gasteiger partial charge in [0.05, 0.1) is 38.5 Å². The quantitative estimate of drug-likeness (QED) is 0.291. The minimum atomic E-state index is -0.114. The lowest BCUT2D eigenvalue weighted by atomic mass is 9.91. The molecular formula is C27H27Br2NO5. The molecule has 4 rings (SSSR count). The van der Waals surface area contributed by atoms with Crippen molar-refractivity contribution in [3.63, 3.8) is 0 Å². The van der Waals surface area contributed by atoms with Gasteiger partial charge in [0.1, 0.15) is 6.54 Å². The van der Waals surface area contributed by atoms with Crippen LogP contribution in [0.3, 0.4) is 0 Å². The largest absolute Gasteiger partial charge is 1.00 e. The fourth-order valence-electron chi connectivity index (χ4n) is 4.31. The molecule has 1 aliphatic heterocycles. The zero-order chi connectivity index (χ0) is 24.2. The van der Waals surface area contributed by atoms with Gasteiger partial charge < -0.3 is 35.9 Å². The van der Waals surface area contributed by atoms with Crippen molar-refractivity contribution in [1.29, 1.82) is 0 Å². The van der Waals surface area contributed by atoms with Crippen LogP contribution < -0.4 is 35.9 Å². The first kappa shape index (κ1) is 26.8. The number of fused-ring (bicyclic) bond motifs is 1. The summed E-state index contributed by atoms with van der Waals surface area (Å²) < 4.78 is 24.7. The lowest BCUT2D eigenvalue weighted by Gasteiger charge is -2.21. The molecule has 0 fully saturated rings. The predicted octanol–water partition coefficient (Wildman–Crippen LogP) is 1.93. The van der Waals surface area contributed by atoms with Crippen LogP contribution in [0.4, 0.5) is 0 Å². The average molecular weight is 605 g/mol. The third-order valence-electron chi connectivity index (χ3n) is 5.99. The summed E-state index contributed by atoms with van der Waals surface area (Å²) in [7, 11) is 6.34. The number of Topliss-reactive ketones (excluding diaryl/α,β-unsaturated/α-hetero) is 1. The molecular weight excluding hydrogens is 578 g/mol. The van der Waals surface area contributed by atoms with Crippen LogP contribution >= 0.6 is 15.9 Å². The van der Waals surface area contributed by atoms with Crippen LogP contribution in [-0.4, -0.2) is 51.1 Å². The number of methoxy groups -OCH3 is 4. The molecule has 0 aliphatic carbocycles. The fourth-order valence-corrected chi connectivity index (χ4v) is 4.98. The molecule has 0 N–H and O–H groups in total. The molecule has 0 amide bonds. The van der Waals surface area contributed by atoms with Gasteiger partial charge in [-0.15, -0.1) is 0 Å². The van der Waals surface area contributed by atoms with Gasteiger partial charge in [0.15, 0.2) is 29.5 Å². The summed E-state index contributed by atoms with van der Waals surface area (Å²) >= 11 is 3.58. The normalized spacial score (nSPS) is 12.4. The van der Waals surface area contributed by atoms with Crippen LogP contribution in [0.5, 0.6) is 23.0 Å². The van der Waals surface area contributed by atoms with Crippen LogP contribution in [0.2, 0.25) is 0 Å². The van der Waals surface area contributed by atoms with Gasteiger partial charge in [0, 0.05) is 17.5 Å². The van der Waals surface area contributed by atoms with Gasteiger partial charge in [-0.25, -0.2) is 4.58 Å². The number of nitrogens with zero attached hydrogens (tertiary/aromatic N) is 1. The first-order valence-electron chi connectivity index (χ1n) is 10.9. The van der Waals surface area contributed by atoms with Crippen molar-refractivity contribution >= 4 is 27.4 Å². The number of hydrogen-bond donors (Lipinski definition) is 0. The number of carbonyl (C=O) groups excluding carboxylic acids is 1. The van der Waals surface area contributed by atoms with E-state index in [0.29, 0.717) is 51.8 Å². The minimum absolute atomic E-state index is 0. The molecule has 3 aromatic carbocycles. The van der Waals surface area contributed by atoms with Gasteiger partial charge >= 0.3 is 0 Å². The van der Waals surface area contributed by atoms with E-state index in [4.69, 9.17) is 18.9 Å². The first-order valence-corrected chi connectivity index (χ1v) is 11.7. The second-order valence-corrected chi connectivity index (χ2v) is 8.65. The van der Waals surface area contributed by atoms with Crippen molar-refractivity contribution in [3.05, 3.63) is 81.3 Å². The highest BCUT2D eigenvalue weighted by atomic mass is 79.9. The lowest BCUT2D eigenvalue weighted by Crippen LogP contribution is -3.00. The lowest BCUT2D eigenvalue weighted by molar-refractivity contribution is -0.543. The van der Waals surface area contributed by atoms with Gasteiger partial charge in [-0.3, -0.25) is 4.79 Å². The molecule has 0 spiro atoms. The third kappa shape index (κ3) is 5.23. The van der Waals surface area contributed by atoms with Crippen molar-refractivity contribution in [3.8, 4) is 23.0 Å². The van der Waals surface area contributed by atoms with Gasteiger partial charge in [0.2, 0.25) is 0 Å². The molecule has 1 heterocycles. The maximum Gasteiger partial charge on any atom is 0.258 e. The van der Waals surface area contributed by atoms with E-state index < -0.39 is 0 Å². The van der Waals surface area contributed by atoms with Crippen LogP contribution in [0.1, 0.15) is 27.0 Å². The van der Waals surface area contributed by atoms with Gasteiger partial charge in [-0.05, 0) is 45.8 Å². The maximum atomic E-state index is 14.1. The number of hydrogen-bond acceptors (Lipinski definition) is 5. The number of ketones is 1. The predicted molar refractivity (Wildman–Crippen MR) is 134 cm³/mol. The highest BCUT2D eigenvalue weighted by molar-refractivity contribution is 9.10. The van der Waals surface area contributed by atoms with Crippen LogP contribution in [-0.2, 0) is 13.0 Å². The summed E-state index contributed by atoms with van der Waals surface area (Å²) in [5.74, 6) is 2.15. The Morgan fingerprint density at radius 1 is 0.886 bits per heavy atom. The SMILES string of the molecule is COc1cc2c(cc1OC)C(C(=O)c1ccc(OC)c(OC)c1Br)=[N+](Cc1ccccc1)CC2.[Br-]. The van der Waals surface area contributed by atoms with Gasteiger partial charge in [-0.1, -0.05) is 30.3 Å². The topological polar surface area (TPSA) is 57.0 Å². The third-order valence-corrected chi connectivity index (χ3v) is 6.78. The number of benzene rings is 3. The van der Waals surface area contributed by atoms with Crippen molar-refractivity contribution < 1.29 is 45.3 Å². The van der Waals surface area contributed by atoms with E-state index >= 15 is 0 Å². The van der Waals surface area contributed by atoms with Crippen molar-refractivity contribution in [2.75, 3.05) is 35.0 Å². The van der Waals surface area contributed by atoms with Crippen molar-refractivity contribution in [2.45, 2.75) is 13.0 Å². The summed E-state index contributed by atoms with van der Waals surface area (Å²) in [5, 5.41) is 0. The molecule has 0 saturated heterocycles. The summed E-state index contributed by atoms with van der Waals surface area (Å²) in [6.45, 7) is 1.31. The molecule has 0 aromatic heterocycles. The standard InChI is InChI=1S/C27H27BrNO5.BrH/c1-31-21-11-10-19(24(28)27(21)34-4)26(30)25-20-15-23(33-3)22(32-2)14-18(20)12-13-29(25)16-17-8-6-5-7-9-17;/h5-11,14-15H,12-13,16H2,1-4H3;1H/q+1;/p-1. The molecule has 3 aromatic rings. The zero-order valence-electron chi connectivity index (χ0n) is 20.1. The van der Waals surface area contributed by atoms with Crippen molar-refractivity contribution in [1.82, 2.24) is 0 Å². The van der Waals surface area contributed by atoms with E-state index in [1.54, 1.807) is 40.6 Å². The Balaban J connectivity index is 0.00000342. The smallest absolute Gasteiger partial charge is 0.258 e. The van der Waals surface area contributed by atoms with E-state index in [1.165, 1.54) is 0 Å². The van der Waals surface area contributed by atoms with Crippen LogP contribution in [0.15, 0.2) is 59.1 Å². The fraction of sp³-hybridized carbons (Fsp3) is 0.259. The van der Waals surface area contributed by atoms with Crippen molar-refractivity contribution in [2.24, 2.45) is 0 Å². The van der Waals surface area contributed by atoms with E-state index in [2.05, 4.69) is 32.6 Å². The first-order chi connectivity index (χ1) is 16.5. The van der Waals surface area contributed by atoms with Gasteiger partial charge in [-0.2, -0.15) is 0 Å². The second kappa shape index (κ2) is 11.7. The van der Waals surface area contributed by atoms with Crippen LogP contribution in [0.25, 0.3) is 0 Å². The summed E-state index contributed by atoms with van der Waals surface area (Å²) in [4.78, 5) is 14.1. The molecule has 35 heavy (non-hydrogen) atoms. The highest BCUT2D eigenvalue weighted by Gasteiger charge is 2.35. The molecule has 184 valence electrons. The minimum Gasteiger partial charge on any atom is -1.00 e. The number of rotatable bonds is 8. The number of halogens is 2. The van der Waals surface area contributed by atoms with Gasteiger partial charge in [0.25, 0.3) is 11.5 Å². The molecule has 0 radical (unpaired) electrons. The summed E-state index contributed by atoms with van der Waals surface area (Å²) in [6, 6.07) is 17.5. The molecule has 1 aliphatic rings. The zero-order valence-corrected chi connectivity index (χ0v) is 23.2. The molecule has 0 bridgehead atoms. The Kier molecular flexibility index (Phi) is 8.97. The Hall–Kier alpha value is -2.84. The Morgan fingerprint density at radius 3 is 2.17 bits per heavy atom. The van der Waals surface area contributed by atoms with E-state index in [-0.39, 0.29) is 22.8 Å². The maximum absolute atomic E-state index is 14.1. The Labute approximate surface area is 224 Å². The number of carbonyl (C=O) groups is 1. The molecule has 6 nitrogen and oxygen atoms in total. The molecule has 8 heteroatoms. The van der Waals surface area contributed by atoms with E-state index in [9.17, 15) is 4.79 Å². The average Bonchev–Trinajstić information content (AvgIpc) is 2.87. The van der Waals surface area contributed by atoms with E-state index in [0.717, 1.165) is 23.1 Å². The van der Waals surface area contributed by atoms with Crippen LogP contribution in [0, 0.1) is 0 Å². The molecule has 0 unspecified atom stereocenters. The monoisotopic (exact) mass is 603 g/mol. The Bertz CT molecular complexity index is 1260. The van der Waals surface area contributed by atoms with E-state index in [1.807, 2.05) is 30.3 Å². The molecule has 0 atom stereocenters. The Morgan fingerprint density at radius 2 is 1.54 bits per heavy atom. The highest BCUT2D eigenvalue weighted by Crippen LogP contribution is 2.39. The second-order valence-electron chi connectivity index (χ2n) is 7.86. The molecule has 0 saturated carbocycles. The number of ether oxygens (including phenoxy) is 4. The summed E-state index contributed by atoms with van der Waals surface area (Å²) in [5.41, 5.74) is 4.11.